The lowest BCUT2D eigenvalue weighted by Crippen LogP contribution is -2.58. The molecular weight excluding hydrogens is 332 g/mol. The van der Waals surface area contributed by atoms with Crippen LogP contribution in [0.3, 0.4) is 0 Å². The maximum atomic E-state index is 12.7. The summed E-state index contributed by atoms with van der Waals surface area (Å²) in [4.78, 5) is 15.0. The van der Waals surface area contributed by atoms with Crippen LogP contribution in [-0.2, 0) is 4.74 Å². The normalized spacial score (nSPS) is 27.5. The molecule has 0 unspecified atom stereocenters. The molecule has 140 valence electrons. The number of aryl methyl sites for hydroxylation is 1. The summed E-state index contributed by atoms with van der Waals surface area (Å²) >= 11 is 0. The van der Waals surface area contributed by atoms with Crippen molar-refractivity contribution in [1.29, 1.82) is 0 Å². The van der Waals surface area contributed by atoms with Gasteiger partial charge in [0.25, 0.3) is 5.91 Å². The molecule has 1 aliphatic heterocycles. The molecule has 2 heterocycles. The lowest BCUT2D eigenvalue weighted by atomic mass is 9.86. The van der Waals surface area contributed by atoms with Crippen LogP contribution in [-0.4, -0.2) is 60.4 Å². The second-order valence-electron chi connectivity index (χ2n) is 7.33. The second-order valence-corrected chi connectivity index (χ2v) is 7.33. The molecule has 1 aromatic carbocycles. The zero-order chi connectivity index (χ0) is 18.1. The number of morpholine rings is 1. The molecule has 0 spiro atoms. The number of hydrogen-bond donors (Lipinski definition) is 2. The fourth-order valence-electron chi connectivity index (χ4n) is 4.19. The third-order valence-corrected chi connectivity index (χ3v) is 5.55. The van der Waals surface area contributed by atoms with E-state index in [0.29, 0.717) is 18.8 Å². The molecule has 1 aliphatic carbocycles. The number of nitrogens with zero attached hydrogens (tertiary/aromatic N) is 1. The number of aliphatic hydroxyl groups excluding tert-OH is 1. The van der Waals surface area contributed by atoms with Crippen LogP contribution < -0.4 is 5.32 Å². The highest BCUT2D eigenvalue weighted by Crippen LogP contribution is 2.25. The third-order valence-electron chi connectivity index (χ3n) is 5.55. The van der Waals surface area contributed by atoms with Gasteiger partial charge in [-0.05, 0) is 50.5 Å². The number of nitrogens with one attached hydrogen (secondary N) is 1. The van der Waals surface area contributed by atoms with Crippen molar-refractivity contribution in [3.8, 4) is 0 Å². The Morgan fingerprint density at radius 2 is 2.04 bits per heavy atom. The van der Waals surface area contributed by atoms with E-state index in [1.165, 1.54) is 0 Å². The summed E-state index contributed by atoms with van der Waals surface area (Å²) in [5, 5.41) is 14.8. The van der Waals surface area contributed by atoms with Crippen LogP contribution in [0.1, 0.15) is 35.4 Å². The molecule has 2 N–H and O–H groups in total. The zero-order valence-corrected chi connectivity index (χ0v) is 15.1. The van der Waals surface area contributed by atoms with Gasteiger partial charge in [0.1, 0.15) is 11.3 Å². The lowest BCUT2D eigenvalue weighted by Gasteiger charge is -2.43. The molecule has 1 saturated carbocycles. The van der Waals surface area contributed by atoms with Crippen molar-refractivity contribution in [1.82, 2.24) is 10.2 Å². The Kier molecular flexibility index (Phi) is 4.98. The van der Waals surface area contributed by atoms with Crippen LogP contribution in [0.25, 0.3) is 11.0 Å². The van der Waals surface area contributed by atoms with Crippen molar-refractivity contribution < 1.29 is 19.1 Å². The van der Waals surface area contributed by atoms with Gasteiger partial charge in [-0.15, -0.1) is 0 Å². The van der Waals surface area contributed by atoms with Gasteiger partial charge in [0, 0.05) is 30.1 Å². The van der Waals surface area contributed by atoms with E-state index in [1.807, 2.05) is 25.1 Å². The molecule has 0 radical (unpaired) electrons. The highest BCUT2D eigenvalue weighted by atomic mass is 16.5. The van der Waals surface area contributed by atoms with Crippen LogP contribution in [0.2, 0.25) is 0 Å². The first-order chi connectivity index (χ1) is 12.6. The summed E-state index contributed by atoms with van der Waals surface area (Å²) in [6.07, 6.45) is 2.23. The van der Waals surface area contributed by atoms with Gasteiger partial charge in [0.15, 0.2) is 0 Å². The molecule has 1 saturated heterocycles. The molecule has 2 aromatic rings. The van der Waals surface area contributed by atoms with Crippen molar-refractivity contribution in [2.24, 2.45) is 0 Å². The second kappa shape index (κ2) is 7.39. The highest BCUT2D eigenvalue weighted by Gasteiger charge is 2.36. The summed E-state index contributed by atoms with van der Waals surface area (Å²) in [6.45, 7) is 5.01. The molecule has 3 atom stereocenters. The molecule has 1 aromatic heterocycles. The number of carbonyl (C=O) groups excluding carboxylic acids is 1. The van der Waals surface area contributed by atoms with Gasteiger partial charge >= 0.3 is 0 Å². The number of ether oxygens (including phenoxy) is 1. The molecule has 1 amide bonds. The van der Waals surface area contributed by atoms with Gasteiger partial charge in [-0.3, -0.25) is 9.69 Å². The quantitative estimate of drug-likeness (QED) is 0.879. The lowest BCUT2D eigenvalue weighted by molar-refractivity contribution is -0.0459. The van der Waals surface area contributed by atoms with E-state index >= 15 is 0 Å². The van der Waals surface area contributed by atoms with Gasteiger partial charge in [0.05, 0.1) is 25.4 Å². The average Bonchev–Trinajstić information content (AvgIpc) is 3.03. The summed E-state index contributed by atoms with van der Waals surface area (Å²) in [6, 6.07) is 7.24. The van der Waals surface area contributed by atoms with Crippen molar-refractivity contribution in [2.45, 2.75) is 44.4 Å². The largest absolute Gasteiger partial charge is 0.461 e. The highest BCUT2D eigenvalue weighted by molar-refractivity contribution is 5.98. The van der Waals surface area contributed by atoms with Gasteiger partial charge in [-0.2, -0.15) is 0 Å². The van der Waals surface area contributed by atoms with E-state index in [4.69, 9.17) is 9.15 Å². The van der Waals surface area contributed by atoms with Crippen LogP contribution >= 0.6 is 0 Å². The third kappa shape index (κ3) is 3.49. The summed E-state index contributed by atoms with van der Waals surface area (Å²) in [5.41, 5.74) is 1.38. The first-order valence-corrected chi connectivity index (χ1v) is 9.43. The summed E-state index contributed by atoms with van der Waals surface area (Å²) in [7, 11) is 0. The first kappa shape index (κ1) is 17.5. The van der Waals surface area contributed by atoms with E-state index in [2.05, 4.69) is 10.2 Å². The molecule has 0 bridgehead atoms. The number of amides is 1. The van der Waals surface area contributed by atoms with Crippen molar-refractivity contribution in [3.05, 3.63) is 35.6 Å². The average molecular weight is 358 g/mol. The molecule has 6 heteroatoms. The molecule has 2 aliphatic rings. The number of rotatable bonds is 3. The van der Waals surface area contributed by atoms with E-state index in [0.717, 1.165) is 49.1 Å². The minimum Gasteiger partial charge on any atom is -0.461 e. The number of hydrogen-bond acceptors (Lipinski definition) is 5. The molecule has 4 rings (SSSR count). The smallest absolute Gasteiger partial charge is 0.251 e. The number of carbonyl (C=O) groups is 1. The molecule has 2 fully saturated rings. The Balaban J connectivity index is 1.45. The first-order valence-electron chi connectivity index (χ1n) is 9.43. The molecular formula is C20H26N2O4. The molecule has 26 heavy (non-hydrogen) atoms. The topological polar surface area (TPSA) is 74.9 Å². The number of benzene rings is 1. The zero-order valence-electron chi connectivity index (χ0n) is 15.1. The van der Waals surface area contributed by atoms with Crippen LogP contribution in [0.4, 0.5) is 0 Å². The van der Waals surface area contributed by atoms with Crippen LogP contribution in [0, 0.1) is 6.92 Å². The van der Waals surface area contributed by atoms with E-state index in [-0.39, 0.29) is 18.0 Å². The Labute approximate surface area is 153 Å². The minimum absolute atomic E-state index is 0.0944. The monoisotopic (exact) mass is 358 g/mol. The van der Waals surface area contributed by atoms with Crippen LogP contribution in [0.5, 0.6) is 0 Å². The Morgan fingerprint density at radius 1 is 1.23 bits per heavy atom. The minimum atomic E-state index is -0.550. The fraction of sp³-hybridized carbons (Fsp3) is 0.550. The number of aliphatic hydroxyl groups is 1. The van der Waals surface area contributed by atoms with Crippen molar-refractivity contribution in [2.75, 3.05) is 26.3 Å². The maximum absolute atomic E-state index is 12.7. The van der Waals surface area contributed by atoms with E-state index < -0.39 is 6.10 Å². The van der Waals surface area contributed by atoms with Crippen molar-refractivity contribution in [3.63, 3.8) is 0 Å². The van der Waals surface area contributed by atoms with Gasteiger partial charge in [0.2, 0.25) is 0 Å². The maximum Gasteiger partial charge on any atom is 0.251 e. The predicted octanol–water partition coefficient (Wildman–Crippen LogP) is 2.09. The SMILES string of the molecule is Cc1cc2cc(C(=O)N[C@@H]3CCC[C@@H](N4CCOCC4)[C@@H]3O)ccc2o1. The Morgan fingerprint density at radius 3 is 2.85 bits per heavy atom. The van der Waals surface area contributed by atoms with Crippen LogP contribution in [0.15, 0.2) is 28.7 Å². The molecule has 6 nitrogen and oxygen atoms in total. The Hall–Kier alpha value is -1.89. The van der Waals surface area contributed by atoms with E-state index in [9.17, 15) is 9.90 Å². The Bertz CT molecular complexity index is 781. The predicted molar refractivity (Wildman–Crippen MR) is 98.2 cm³/mol. The standard InChI is InChI=1S/C20H26N2O4/c1-13-11-15-12-14(5-6-18(15)26-13)20(24)21-16-3-2-4-17(19(16)23)22-7-9-25-10-8-22/h5-6,11-12,16-17,19,23H,2-4,7-10H2,1H3,(H,21,24)/t16-,17-,19-/m1/s1. The van der Waals surface area contributed by atoms with Crippen molar-refractivity contribution >= 4 is 16.9 Å². The number of furan rings is 1. The van der Waals surface area contributed by atoms with Gasteiger partial charge in [-0.25, -0.2) is 0 Å². The fourth-order valence-corrected chi connectivity index (χ4v) is 4.19. The summed E-state index contributed by atoms with van der Waals surface area (Å²) in [5.74, 6) is 0.686. The van der Waals surface area contributed by atoms with E-state index in [1.54, 1.807) is 6.07 Å². The number of fused-ring (bicyclic) bond motifs is 1. The summed E-state index contributed by atoms with van der Waals surface area (Å²) < 4.78 is 11.0. The van der Waals surface area contributed by atoms with Gasteiger partial charge in [-0.1, -0.05) is 0 Å². The van der Waals surface area contributed by atoms with Gasteiger partial charge < -0.3 is 19.6 Å².